The lowest BCUT2D eigenvalue weighted by atomic mass is 10.1. The molecule has 1 aliphatic rings. The highest BCUT2D eigenvalue weighted by atomic mass is 35.5. The van der Waals surface area contributed by atoms with Crippen molar-refractivity contribution in [1.82, 2.24) is 0 Å². The van der Waals surface area contributed by atoms with Gasteiger partial charge in [-0.25, -0.2) is 0 Å². The van der Waals surface area contributed by atoms with E-state index in [9.17, 15) is 0 Å². The van der Waals surface area contributed by atoms with Gasteiger partial charge in [0.25, 0.3) is 0 Å². The minimum Gasteiger partial charge on any atom is -0.486 e. The van der Waals surface area contributed by atoms with Crippen molar-refractivity contribution in [3.05, 3.63) is 34.9 Å². The van der Waals surface area contributed by atoms with Crippen LogP contribution in [0.2, 0.25) is 5.02 Å². The average molecular weight is 209 g/mol. The van der Waals surface area contributed by atoms with Crippen LogP contribution in [0.4, 0.5) is 0 Å². The van der Waals surface area contributed by atoms with E-state index < -0.39 is 0 Å². The van der Waals surface area contributed by atoms with Gasteiger partial charge in [-0.05, 0) is 30.7 Å². The summed E-state index contributed by atoms with van der Waals surface area (Å²) in [5, 5.41) is 0.756. The van der Waals surface area contributed by atoms with E-state index in [0.717, 1.165) is 29.2 Å². The largest absolute Gasteiger partial charge is 0.486 e. The van der Waals surface area contributed by atoms with Gasteiger partial charge in [0.1, 0.15) is 11.9 Å². The molecule has 1 nitrogen and oxygen atoms in total. The van der Waals surface area contributed by atoms with Crippen molar-refractivity contribution >= 4 is 17.7 Å². The van der Waals surface area contributed by atoms with E-state index in [1.54, 1.807) is 0 Å². The van der Waals surface area contributed by atoms with Crippen molar-refractivity contribution < 1.29 is 4.74 Å². The molecule has 14 heavy (non-hydrogen) atoms. The van der Waals surface area contributed by atoms with Crippen LogP contribution in [0.15, 0.2) is 24.3 Å². The summed E-state index contributed by atoms with van der Waals surface area (Å²) in [5.74, 6) is 0.940. The molecule has 2 heteroatoms. The second-order valence-corrected chi connectivity index (χ2v) is 3.92. The van der Waals surface area contributed by atoms with Crippen LogP contribution in [-0.4, -0.2) is 6.10 Å². The normalized spacial score (nSPS) is 18.9. The zero-order valence-electron chi connectivity index (χ0n) is 8.16. The van der Waals surface area contributed by atoms with Crippen molar-refractivity contribution in [3.8, 4) is 5.75 Å². The summed E-state index contributed by atoms with van der Waals surface area (Å²) in [6.07, 6.45) is 6.62. The molecule has 74 valence electrons. The van der Waals surface area contributed by atoms with Gasteiger partial charge in [0.05, 0.1) is 0 Å². The third-order valence-corrected chi connectivity index (χ3v) is 2.55. The highest BCUT2D eigenvalue weighted by molar-refractivity contribution is 6.30. The van der Waals surface area contributed by atoms with Crippen LogP contribution in [0.25, 0.3) is 6.08 Å². The molecule has 1 atom stereocenters. The molecule has 1 unspecified atom stereocenters. The summed E-state index contributed by atoms with van der Waals surface area (Å²) in [4.78, 5) is 0. The monoisotopic (exact) mass is 208 g/mol. The van der Waals surface area contributed by atoms with Gasteiger partial charge in [0, 0.05) is 10.6 Å². The molecule has 0 saturated carbocycles. The molecular formula is C12H13ClO. The van der Waals surface area contributed by atoms with Gasteiger partial charge >= 0.3 is 0 Å². The van der Waals surface area contributed by atoms with Gasteiger partial charge in [-0.3, -0.25) is 0 Å². The Morgan fingerprint density at radius 3 is 3.07 bits per heavy atom. The maximum Gasteiger partial charge on any atom is 0.127 e. The number of ether oxygens (including phenoxy) is 1. The highest BCUT2D eigenvalue weighted by Gasteiger charge is 2.13. The third-order valence-electron chi connectivity index (χ3n) is 2.31. The van der Waals surface area contributed by atoms with E-state index in [1.807, 2.05) is 18.2 Å². The van der Waals surface area contributed by atoms with Crippen molar-refractivity contribution in [2.45, 2.75) is 25.9 Å². The topological polar surface area (TPSA) is 9.23 Å². The zero-order valence-corrected chi connectivity index (χ0v) is 8.92. The Labute approximate surface area is 89.3 Å². The molecule has 0 bridgehead atoms. The first-order valence-electron chi connectivity index (χ1n) is 4.94. The smallest absolute Gasteiger partial charge is 0.127 e. The Bertz CT molecular complexity index is 357. The molecule has 0 aromatic heterocycles. The summed E-state index contributed by atoms with van der Waals surface area (Å²) < 4.78 is 5.78. The van der Waals surface area contributed by atoms with Crippen molar-refractivity contribution in [2.24, 2.45) is 0 Å². The molecule has 1 aromatic rings. The van der Waals surface area contributed by atoms with Crippen LogP contribution < -0.4 is 4.74 Å². The van der Waals surface area contributed by atoms with Gasteiger partial charge in [0.2, 0.25) is 0 Å². The Hall–Kier alpha value is -0.950. The zero-order chi connectivity index (χ0) is 9.97. The predicted octanol–water partition coefficient (Wildman–Crippen LogP) is 3.91. The summed E-state index contributed by atoms with van der Waals surface area (Å²) in [7, 11) is 0. The summed E-state index contributed by atoms with van der Waals surface area (Å²) in [5.41, 5.74) is 1.07. The molecule has 0 spiro atoms. The predicted molar refractivity (Wildman–Crippen MR) is 59.8 cm³/mol. The molecule has 0 aliphatic carbocycles. The summed E-state index contributed by atoms with van der Waals surface area (Å²) in [6.45, 7) is 2.16. The first-order chi connectivity index (χ1) is 6.79. The SMILES string of the molecule is CCCC1C=Cc2cc(Cl)ccc2O1. The Kier molecular flexibility index (Phi) is 2.78. The van der Waals surface area contributed by atoms with Crippen molar-refractivity contribution in [2.75, 3.05) is 0 Å². The van der Waals surface area contributed by atoms with Crippen LogP contribution >= 0.6 is 11.6 Å². The molecule has 0 fully saturated rings. The second kappa shape index (κ2) is 4.05. The lowest BCUT2D eigenvalue weighted by Crippen LogP contribution is -2.16. The Morgan fingerprint density at radius 2 is 2.29 bits per heavy atom. The van der Waals surface area contributed by atoms with E-state index in [0.29, 0.717) is 0 Å². The Morgan fingerprint density at radius 1 is 1.43 bits per heavy atom. The van der Waals surface area contributed by atoms with Crippen molar-refractivity contribution in [1.29, 1.82) is 0 Å². The standard InChI is InChI=1S/C12H13ClO/c1-2-3-11-6-4-9-8-10(13)5-7-12(9)14-11/h4-8,11H,2-3H2,1H3. The fourth-order valence-electron chi connectivity index (χ4n) is 1.61. The number of benzene rings is 1. The van der Waals surface area contributed by atoms with Crippen LogP contribution in [0.5, 0.6) is 5.75 Å². The van der Waals surface area contributed by atoms with E-state index in [1.165, 1.54) is 0 Å². The number of rotatable bonds is 2. The van der Waals surface area contributed by atoms with E-state index in [4.69, 9.17) is 16.3 Å². The number of hydrogen-bond acceptors (Lipinski definition) is 1. The van der Waals surface area contributed by atoms with Gasteiger partial charge in [-0.2, -0.15) is 0 Å². The maximum absolute atomic E-state index is 5.88. The summed E-state index contributed by atoms with van der Waals surface area (Å²) in [6, 6.07) is 5.72. The Balaban J connectivity index is 2.23. The number of hydrogen-bond donors (Lipinski definition) is 0. The minimum atomic E-state index is 0.230. The highest BCUT2D eigenvalue weighted by Crippen LogP contribution is 2.29. The van der Waals surface area contributed by atoms with Gasteiger partial charge in [-0.15, -0.1) is 0 Å². The van der Waals surface area contributed by atoms with Gasteiger partial charge < -0.3 is 4.74 Å². The fraction of sp³-hybridized carbons (Fsp3) is 0.333. The quantitative estimate of drug-likeness (QED) is 0.716. The molecule has 1 aromatic carbocycles. The molecule has 2 rings (SSSR count). The van der Waals surface area contributed by atoms with Gasteiger partial charge in [-0.1, -0.05) is 31.0 Å². The van der Waals surface area contributed by atoms with Crippen LogP contribution in [0.3, 0.4) is 0 Å². The van der Waals surface area contributed by atoms with E-state index in [2.05, 4.69) is 19.1 Å². The molecule has 1 heterocycles. The maximum atomic E-state index is 5.88. The van der Waals surface area contributed by atoms with E-state index in [-0.39, 0.29) is 6.10 Å². The fourth-order valence-corrected chi connectivity index (χ4v) is 1.79. The van der Waals surface area contributed by atoms with Crippen LogP contribution in [0, 0.1) is 0 Å². The van der Waals surface area contributed by atoms with Gasteiger partial charge in [0.15, 0.2) is 0 Å². The van der Waals surface area contributed by atoms with Crippen molar-refractivity contribution in [3.63, 3.8) is 0 Å². The lowest BCUT2D eigenvalue weighted by Gasteiger charge is -2.21. The minimum absolute atomic E-state index is 0.230. The first-order valence-corrected chi connectivity index (χ1v) is 5.32. The summed E-state index contributed by atoms with van der Waals surface area (Å²) >= 11 is 5.88. The molecule has 0 amide bonds. The number of halogens is 1. The van der Waals surface area contributed by atoms with Crippen LogP contribution in [0.1, 0.15) is 25.3 Å². The molecule has 0 N–H and O–H groups in total. The molecule has 1 aliphatic heterocycles. The average Bonchev–Trinajstić information content (AvgIpc) is 2.19. The van der Waals surface area contributed by atoms with E-state index >= 15 is 0 Å². The number of fused-ring (bicyclic) bond motifs is 1. The molecule has 0 saturated heterocycles. The first kappa shape index (κ1) is 9.60. The lowest BCUT2D eigenvalue weighted by molar-refractivity contribution is 0.234. The van der Waals surface area contributed by atoms with Crippen LogP contribution in [-0.2, 0) is 0 Å². The second-order valence-electron chi connectivity index (χ2n) is 3.49. The molecular weight excluding hydrogens is 196 g/mol. The molecule has 0 radical (unpaired) electrons. The third kappa shape index (κ3) is 1.93.